The van der Waals surface area contributed by atoms with Crippen molar-refractivity contribution < 1.29 is 42.9 Å². The molecule has 3 aromatic rings. The molecule has 0 heterocycles. The molecule has 3 amide bonds. The first-order valence-corrected chi connectivity index (χ1v) is 12.9. The fourth-order valence-electron chi connectivity index (χ4n) is 3.29. The van der Waals surface area contributed by atoms with Crippen molar-refractivity contribution >= 4 is 46.0 Å². The number of hydrogen-bond acceptors (Lipinski definition) is 9. The minimum Gasteiger partial charge on any atom is -0.462 e. The number of hydrogen-bond donors (Lipinski definition) is 3. The van der Waals surface area contributed by atoms with Gasteiger partial charge in [-0.25, -0.2) is 19.8 Å². The number of halogens is 1. The van der Waals surface area contributed by atoms with Crippen molar-refractivity contribution in [3.63, 3.8) is 0 Å². The molecule has 13 heteroatoms. The van der Waals surface area contributed by atoms with Crippen LogP contribution in [0.5, 0.6) is 5.75 Å². The SMILES string of the molecule is COC(=O)C(=O)N[C@@H](Cc1ccc(OC(=O)OCc2ccccc2Br)cc1)C(=O)NNC(=O)OCc1ccccc1. The predicted molar refractivity (Wildman–Crippen MR) is 147 cm³/mol. The summed E-state index contributed by atoms with van der Waals surface area (Å²) in [6.45, 7) is -0.0281. The number of methoxy groups -OCH3 is 1. The molecule has 0 aliphatic carbocycles. The highest BCUT2D eigenvalue weighted by atomic mass is 79.9. The molecule has 0 spiro atoms. The van der Waals surface area contributed by atoms with E-state index in [9.17, 15) is 24.0 Å². The number of amides is 3. The van der Waals surface area contributed by atoms with E-state index >= 15 is 0 Å². The predicted octanol–water partition coefficient (Wildman–Crippen LogP) is 3.32. The second-order valence-electron chi connectivity index (χ2n) is 8.27. The molecule has 41 heavy (non-hydrogen) atoms. The van der Waals surface area contributed by atoms with E-state index in [1.54, 1.807) is 42.5 Å². The molecule has 0 saturated heterocycles. The van der Waals surface area contributed by atoms with Crippen LogP contribution in [-0.4, -0.2) is 43.2 Å². The molecule has 0 aromatic heterocycles. The van der Waals surface area contributed by atoms with Crippen molar-refractivity contribution in [1.82, 2.24) is 16.2 Å². The van der Waals surface area contributed by atoms with Gasteiger partial charge in [0.15, 0.2) is 0 Å². The van der Waals surface area contributed by atoms with Crippen LogP contribution in [-0.2, 0) is 48.2 Å². The Bertz CT molecular complexity index is 1370. The number of esters is 1. The topological polar surface area (TPSA) is 158 Å². The van der Waals surface area contributed by atoms with E-state index in [-0.39, 0.29) is 25.4 Å². The largest absolute Gasteiger partial charge is 0.514 e. The monoisotopic (exact) mass is 627 g/mol. The van der Waals surface area contributed by atoms with Crippen molar-refractivity contribution in [3.8, 4) is 5.75 Å². The molecule has 12 nitrogen and oxygen atoms in total. The number of nitrogens with one attached hydrogen (secondary N) is 3. The summed E-state index contributed by atoms with van der Waals surface area (Å²) >= 11 is 3.37. The van der Waals surface area contributed by atoms with E-state index < -0.39 is 36.1 Å². The molecule has 0 radical (unpaired) electrons. The van der Waals surface area contributed by atoms with Gasteiger partial charge >= 0.3 is 24.1 Å². The van der Waals surface area contributed by atoms with Gasteiger partial charge < -0.3 is 24.3 Å². The van der Waals surface area contributed by atoms with Crippen molar-refractivity contribution in [3.05, 3.63) is 100 Å². The maximum Gasteiger partial charge on any atom is 0.514 e. The van der Waals surface area contributed by atoms with Crippen LogP contribution in [0.2, 0.25) is 0 Å². The highest BCUT2D eigenvalue weighted by molar-refractivity contribution is 9.10. The lowest BCUT2D eigenvalue weighted by Crippen LogP contribution is -2.54. The third kappa shape index (κ3) is 10.3. The van der Waals surface area contributed by atoms with Crippen LogP contribution in [0.25, 0.3) is 0 Å². The Hall–Kier alpha value is -4.91. The number of hydrazine groups is 1. The van der Waals surface area contributed by atoms with Crippen LogP contribution >= 0.6 is 15.9 Å². The maximum atomic E-state index is 12.8. The molecule has 1 atom stereocenters. The molecule has 3 aromatic carbocycles. The van der Waals surface area contributed by atoms with Crippen LogP contribution in [0.3, 0.4) is 0 Å². The van der Waals surface area contributed by atoms with Crippen LogP contribution < -0.4 is 20.9 Å². The molecular weight excluding hydrogens is 602 g/mol. The van der Waals surface area contributed by atoms with Gasteiger partial charge in [0, 0.05) is 16.5 Å². The summed E-state index contributed by atoms with van der Waals surface area (Å²) < 4.78 is 20.5. The zero-order valence-electron chi connectivity index (χ0n) is 21.8. The van der Waals surface area contributed by atoms with Crippen molar-refractivity contribution in [2.24, 2.45) is 0 Å². The van der Waals surface area contributed by atoms with Gasteiger partial charge in [-0.05, 0) is 29.3 Å². The van der Waals surface area contributed by atoms with Crippen molar-refractivity contribution in [2.45, 2.75) is 25.7 Å². The van der Waals surface area contributed by atoms with Crippen LogP contribution in [0.15, 0.2) is 83.3 Å². The fraction of sp³-hybridized carbons (Fsp3) is 0.179. The molecule has 3 rings (SSSR count). The average molecular weight is 628 g/mol. The van der Waals surface area contributed by atoms with Gasteiger partial charge in [-0.15, -0.1) is 0 Å². The number of carbonyl (C=O) groups excluding carboxylic acids is 5. The first-order valence-electron chi connectivity index (χ1n) is 12.1. The van der Waals surface area contributed by atoms with Crippen LogP contribution in [0.4, 0.5) is 9.59 Å². The van der Waals surface area contributed by atoms with E-state index in [4.69, 9.17) is 14.2 Å². The lowest BCUT2D eigenvalue weighted by atomic mass is 10.1. The van der Waals surface area contributed by atoms with Gasteiger partial charge in [-0.3, -0.25) is 15.0 Å². The molecule has 0 aliphatic heterocycles. The Morgan fingerprint density at radius 3 is 2.15 bits per heavy atom. The Labute approximate surface area is 243 Å². The molecular formula is C28H26BrN3O9. The summed E-state index contributed by atoms with van der Waals surface area (Å²) in [5.41, 5.74) is 6.26. The minimum absolute atomic E-state index is 0.00284. The average Bonchev–Trinajstić information content (AvgIpc) is 2.99. The van der Waals surface area contributed by atoms with Gasteiger partial charge in [0.05, 0.1) is 7.11 Å². The number of rotatable bonds is 9. The molecule has 3 N–H and O–H groups in total. The summed E-state index contributed by atoms with van der Waals surface area (Å²) in [5.74, 6) is -3.03. The summed E-state index contributed by atoms with van der Waals surface area (Å²) in [6, 6.07) is 20.9. The highest BCUT2D eigenvalue weighted by Crippen LogP contribution is 2.18. The second-order valence-corrected chi connectivity index (χ2v) is 9.13. The molecule has 0 aliphatic rings. The lowest BCUT2D eigenvalue weighted by Gasteiger charge is -2.18. The first-order chi connectivity index (χ1) is 19.7. The van der Waals surface area contributed by atoms with Crippen LogP contribution in [0, 0.1) is 0 Å². The molecule has 0 fully saturated rings. The van der Waals surface area contributed by atoms with Crippen molar-refractivity contribution in [2.75, 3.05) is 7.11 Å². The van der Waals surface area contributed by atoms with E-state index in [2.05, 4.69) is 36.8 Å². The zero-order chi connectivity index (χ0) is 29.6. The third-order valence-corrected chi connectivity index (χ3v) is 6.13. The third-order valence-electron chi connectivity index (χ3n) is 5.36. The summed E-state index contributed by atoms with van der Waals surface area (Å²) in [4.78, 5) is 60.5. The minimum atomic E-state index is -1.29. The van der Waals surface area contributed by atoms with E-state index in [0.717, 1.165) is 22.7 Å². The second kappa shape index (κ2) is 15.6. The van der Waals surface area contributed by atoms with Gasteiger partial charge in [0.2, 0.25) is 0 Å². The van der Waals surface area contributed by atoms with E-state index in [0.29, 0.717) is 5.56 Å². The van der Waals surface area contributed by atoms with Gasteiger partial charge in [0.1, 0.15) is 25.0 Å². The summed E-state index contributed by atoms with van der Waals surface area (Å²) in [7, 11) is 1.02. The molecule has 0 saturated carbocycles. The normalized spacial score (nSPS) is 10.9. The number of benzene rings is 3. The zero-order valence-corrected chi connectivity index (χ0v) is 23.3. The van der Waals surface area contributed by atoms with Gasteiger partial charge in [0.25, 0.3) is 5.91 Å². The standard InChI is InChI=1S/C28H26BrN3O9/c1-38-26(35)25(34)30-23(24(33)31-32-27(36)39-16-19-7-3-2-4-8-19)15-18-11-13-21(14-12-18)41-28(37)40-17-20-9-5-6-10-22(20)29/h2-14,23H,15-17H2,1H3,(H,30,34)(H,31,33)(H,32,36)/t23-/m0/s1. The smallest absolute Gasteiger partial charge is 0.462 e. The Balaban J connectivity index is 1.55. The number of carbonyl (C=O) groups is 5. The molecule has 0 bridgehead atoms. The number of ether oxygens (including phenoxy) is 4. The lowest BCUT2D eigenvalue weighted by molar-refractivity contribution is -0.153. The van der Waals surface area contributed by atoms with E-state index in [1.807, 2.05) is 24.3 Å². The van der Waals surface area contributed by atoms with Crippen LogP contribution in [0.1, 0.15) is 16.7 Å². The molecule has 214 valence electrons. The Kier molecular flexibility index (Phi) is 11.7. The molecule has 0 unspecified atom stereocenters. The van der Waals surface area contributed by atoms with Gasteiger partial charge in [-0.1, -0.05) is 76.6 Å². The quantitative estimate of drug-likeness (QED) is 0.106. The first kappa shape index (κ1) is 30.6. The Morgan fingerprint density at radius 1 is 0.780 bits per heavy atom. The Morgan fingerprint density at radius 2 is 1.46 bits per heavy atom. The fourth-order valence-corrected chi connectivity index (χ4v) is 3.68. The summed E-state index contributed by atoms with van der Waals surface area (Å²) in [6.07, 6.45) is -1.95. The summed E-state index contributed by atoms with van der Waals surface area (Å²) in [5, 5.41) is 2.25. The van der Waals surface area contributed by atoms with Crippen molar-refractivity contribution in [1.29, 1.82) is 0 Å². The highest BCUT2D eigenvalue weighted by Gasteiger charge is 2.25. The van der Waals surface area contributed by atoms with E-state index in [1.165, 1.54) is 12.1 Å². The van der Waals surface area contributed by atoms with Gasteiger partial charge in [-0.2, -0.15) is 0 Å². The maximum absolute atomic E-state index is 12.8.